The first-order valence-electron chi connectivity index (χ1n) is 6.46. The van der Waals surface area contributed by atoms with Gasteiger partial charge in [-0.3, -0.25) is 4.79 Å². The zero-order valence-electron chi connectivity index (χ0n) is 11.9. The normalized spacial score (nSPS) is 12.3. The molecule has 2 rings (SSSR count). The van der Waals surface area contributed by atoms with Crippen molar-refractivity contribution in [2.45, 2.75) is 18.7 Å². The summed E-state index contributed by atoms with van der Waals surface area (Å²) in [5.74, 6) is 0.575. The van der Waals surface area contributed by atoms with Crippen LogP contribution < -0.4 is 11.4 Å². The number of hydrogen-bond acceptors (Lipinski definition) is 6. The van der Waals surface area contributed by atoms with Crippen LogP contribution >= 0.6 is 11.8 Å². The van der Waals surface area contributed by atoms with E-state index < -0.39 is 12.0 Å². The van der Waals surface area contributed by atoms with Gasteiger partial charge < -0.3 is 14.9 Å². The van der Waals surface area contributed by atoms with E-state index in [1.165, 1.54) is 24.9 Å². The summed E-state index contributed by atoms with van der Waals surface area (Å²) in [6.07, 6.45) is 0. The first-order valence-corrected chi connectivity index (χ1v) is 7.61. The van der Waals surface area contributed by atoms with E-state index >= 15 is 0 Å². The highest BCUT2D eigenvalue weighted by molar-refractivity contribution is 7.98. The minimum Gasteiger partial charge on any atom is -0.468 e. The maximum Gasteiger partial charge on any atom is 0.336 e. The number of aryl methyl sites for hydroxylation is 1. The molecule has 1 aromatic carbocycles. The Morgan fingerprint density at radius 2 is 2.19 bits per heavy atom. The molecule has 21 heavy (non-hydrogen) atoms. The monoisotopic (exact) mass is 307 g/mol. The number of nitrogens with two attached hydrogens (primary N) is 1. The van der Waals surface area contributed by atoms with E-state index in [1.54, 1.807) is 0 Å². The van der Waals surface area contributed by atoms with Gasteiger partial charge in [-0.2, -0.15) is 11.8 Å². The summed E-state index contributed by atoms with van der Waals surface area (Å²) >= 11 is 1.48. The van der Waals surface area contributed by atoms with E-state index in [4.69, 9.17) is 10.2 Å². The molecule has 1 aromatic heterocycles. The highest BCUT2D eigenvalue weighted by Crippen LogP contribution is 2.22. The number of rotatable bonds is 5. The van der Waals surface area contributed by atoms with Gasteiger partial charge in [0.1, 0.15) is 11.6 Å². The average molecular weight is 307 g/mol. The molecule has 1 atom stereocenters. The second-order valence-electron chi connectivity index (χ2n) is 4.74. The van der Waals surface area contributed by atoms with Crippen LogP contribution in [0.5, 0.6) is 0 Å². The standard InChI is InChI=1S/C15H17NO4S/c1-9-3-4-11-10(6-14(17)20-13(11)5-9)7-21-8-12(16)15(18)19-2/h3-6,12H,7-8,16H2,1-2H3. The van der Waals surface area contributed by atoms with Gasteiger partial charge in [0.15, 0.2) is 0 Å². The molecule has 0 aliphatic rings. The fourth-order valence-electron chi connectivity index (χ4n) is 1.97. The van der Waals surface area contributed by atoms with Gasteiger partial charge in [0.25, 0.3) is 0 Å². The zero-order chi connectivity index (χ0) is 15.4. The summed E-state index contributed by atoms with van der Waals surface area (Å²) < 4.78 is 9.78. The lowest BCUT2D eigenvalue weighted by molar-refractivity contribution is -0.141. The fraction of sp³-hybridized carbons (Fsp3) is 0.333. The molecule has 0 aliphatic heterocycles. The molecule has 1 heterocycles. The lowest BCUT2D eigenvalue weighted by Gasteiger charge is -2.09. The number of methoxy groups -OCH3 is 1. The van der Waals surface area contributed by atoms with Gasteiger partial charge in [0.05, 0.1) is 7.11 Å². The fourth-order valence-corrected chi connectivity index (χ4v) is 2.94. The second kappa shape index (κ2) is 6.78. The summed E-state index contributed by atoms with van der Waals surface area (Å²) in [5, 5.41) is 0.902. The number of fused-ring (bicyclic) bond motifs is 1. The molecule has 0 bridgehead atoms. The maximum absolute atomic E-state index is 11.6. The number of carbonyl (C=O) groups is 1. The van der Waals surface area contributed by atoms with Crippen LogP contribution in [0.1, 0.15) is 11.1 Å². The molecular weight excluding hydrogens is 290 g/mol. The third-order valence-electron chi connectivity index (χ3n) is 3.04. The van der Waals surface area contributed by atoms with Gasteiger partial charge >= 0.3 is 11.6 Å². The number of hydrogen-bond donors (Lipinski definition) is 1. The van der Waals surface area contributed by atoms with Crippen LogP contribution in [0.25, 0.3) is 11.0 Å². The Morgan fingerprint density at radius 1 is 1.43 bits per heavy atom. The van der Waals surface area contributed by atoms with Gasteiger partial charge in [0, 0.05) is 23.0 Å². The van der Waals surface area contributed by atoms with Crippen LogP contribution in [0.4, 0.5) is 0 Å². The molecule has 1 unspecified atom stereocenters. The van der Waals surface area contributed by atoms with E-state index in [0.29, 0.717) is 17.1 Å². The summed E-state index contributed by atoms with van der Waals surface area (Å²) in [7, 11) is 1.31. The first-order chi connectivity index (χ1) is 10.0. The molecule has 0 saturated carbocycles. The van der Waals surface area contributed by atoms with E-state index in [-0.39, 0.29) is 5.63 Å². The summed E-state index contributed by atoms with van der Waals surface area (Å²) in [6.45, 7) is 1.94. The van der Waals surface area contributed by atoms with Crippen molar-refractivity contribution in [3.63, 3.8) is 0 Å². The first kappa shape index (κ1) is 15.6. The van der Waals surface area contributed by atoms with Gasteiger partial charge in [-0.1, -0.05) is 12.1 Å². The maximum atomic E-state index is 11.6. The Hall–Kier alpha value is -1.79. The van der Waals surface area contributed by atoms with Crippen LogP contribution in [0.3, 0.4) is 0 Å². The van der Waals surface area contributed by atoms with Crippen molar-refractivity contribution in [2.75, 3.05) is 12.9 Å². The largest absolute Gasteiger partial charge is 0.468 e. The molecule has 2 aromatic rings. The molecule has 0 radical (unpaired) electrons. The molecular formula is C15H17NO4S. The van der Waals surface area contributed by atoms with Crippen LogP contribution in [0.15, 0.2) is 33.5 Å². The minimum absolute atomic E-state index is 0.374. The van der Waals surface area contributed by atoms with Crippen molar-refractivity contribution in [1.82, 2.24) is 0 Å². The van der Waals surface area contributed by atoms with Crippen LogP contribution in [0, 0.1) is 6.92 Å². The van der Waals surface area contributed by atoms with Crippen molar-refractivity contribution in [3.8, 4) is 0 Å². The third-order valence-corrected chi connectivity index (χ3v) is 4.15. The topological polar surface area (TPSA) is 82.5 Å². The van der Waals surface area contributed by atoms with E-state index in [0.717, 1.165) is 16.5 Å². The molecule has 5 nitrogen and oxygen atoms in total. The predicted molar refractivity (Wildman–Crippen MR) is 83.4 cm³/mol. The number of ether oxygens (including phenoxy) is 1. The van der Waals surface area contributed by atoms with Crippen molar-refractivity contribution in [1.29, 1.82) is 0 Å². The van der Waals surface area contributed by atoms with Gasteiger partial charge in [-0.05, 0) is 24.1 Å². The average Bonchev–Trinajstić information content (AvgIpc) is 2.45. The Labute approximate surface area is 126 Å². The number of thioether (sulfide) groups is 1. The molecule has 6 heteroatoms. The van der Waals surface area contributed by atoms with Crippen LogP contribution in [-0.2, 0) is 15.3 Å². The summed E-state index contributed by atoms with van der Waals surface area (Å²) in [5.41, 5.74) is 7.79. The Morgan fingerprint density at radius 3 is 2.90 bits per heavy atom. The number of benzene rings is 1. The number of esters is 1. The van der Waals surface area contributed by atoms with Crippen molar-refractivity contribution in [2.24, 2.45) is 5.73 Å². The van der Waals surface area contributed by atoms with E-state index in [9.17, 15) is 9.59 Å². The Kier molecular flexibility index (Phi) is 5.03. The third kappa shape index (κ3) is 3.86. The van der Waals surface area contributed by atoms with Crippen molar-refractivity contribution in [3.05, 3.63) is 45.8 Å². The SMILES string of the molecule is COC(=O)C(N)CSCc1cc(=O)oc2cc(C)ccc12. The van der Waals surface area contributed by atoms with Crippen molar-refractivity contribution < 1.29 is 13.9 Å². The second-order valence-corrected chi connectivity index (χ2v) is 5.77. The zero-order valence-corrected chi connectivity index (χ0v) is 12.7. The lowest BCUT2D eigenvalue weighted by atomic mass is 10.1. The lowest BCUT2D eigenvalue weighted by Crippen LogP contribution is -2.33. The number of carbonyl (C=O) groups excluding carboxylic acids is 1. The molecule has 112 valence electrons. The quantitative estimate of drug-likeness (QED) is 0.670. The van der Waals surface area contributed by atoms with E-state index in [2.05, 4.69) is 4.74 Å². The van der Waals surface area contributed by atoms with Gasteiger partial charge in [-0.25, -0.2) is 4.79 Å². The smallest absolute Gasteiger partial charge is 0.336 e. The molecule has 0 fully saturated rings. The highest BCUT2D eigenvalue weighted by atomic mass is 32.2. The Balaban J connectivity index is 2.15. The van der Waals surface area contributed by atoms with Gasteiger partial charge in [0.2, 0.25) is 0 Å². The summed E-state index contributed by atoms with van der Waals surface area (Å²) in [6, 6.07) is 6.56. The molecule has 0 amide bonds. The van der Waals surface area contributed by atoms with Gasteiger partial charge in [-0.15, -0.1) is 0 Å². The summed E-state index contributed by atoms with van der Waals surface area (Å²) in [4.78, 5) is 22.8. The molecule has 2 N–H and O–H groups in total. The molecule has 0 aliphatic carbocycles. The predicted octanol–water partition coefficient (Wildman–Crippen LogP) is 1.83. The highest BCUT2D eigenvalue weighted by Gasteiger charge is 2.14. The van der Waals surface area contributed by atoms with Crippen LogP contribution in [-0.4, -0.2) is 24.9 Å². The molecule has 0 saturated heterocycles. The van der Waals surface area contributed by atoms with Crippen molar-refractivity contribution >= 4 is 28.7 Å². The minimum atomic E-state index is -0.659. The van der Waals surface area contributed by atoms with Crippen LogP contribution in [0.2, 0.25) is 0 Å². The molecule has 0 spiro atoms. The van der Waals surface area contributed by atoms with E-state index in [1.807, 2.05) is 25.1 Å². The Bertz CT molecular complexity index is 710.